The molecule has 7 nitrogen and oxygen atoms in total. The van der Waals surface area contributed by atoms with Crippen LogP contribution in [0.3, 0.4) is 0 Å². The van der Waals surface area contributed by atoms with Crippen LogP contribution in [0.1, 0.15) is 22.7 Å². The van der Waals surface area contributed by atoms with Crippen molar-refractivity contribution in [1.82, 2.24) is 0 Å². The van der Waals surface area contributed by atoms with Gasteiger partial charge in [0, 0.05) is 16.3 Å². The minimum absolute atomic E-state index is 0.0743. The van der Waals surface area contributed by atoms with Crippen LogP contribution < -0.4 is 19.1 Å². The van der Waals surface area contributed by atoms with E-state index in [4.69, 9.17) is 25.8 Å². The van der Waals surface area contributed by atoms with Gasteiger partial charge in [-0.2, -0.15) is 0 Å². The van der Waals surface area contributed by atoms with E-state index in [-0.39, 0.29) is 11.3 Å². The fraction of sp³-hybridized carbons (Fsp3) is 0.185. The Kier molecular flexibility index (Phi) is 6.71. The van der Waals surface area contributed by atoms with Gasteiger partial charge in [-0.1, -0.05) is 41.9 Å². The van der Waals surface area contributed by atoms with Crippen molar-refractivity contribution in [1.29, 1.82) is 0 Å². The molecule has 1 atom stereocenters. The number of amides is 1. The number of aliphatic hydroxyl groups excluding tert-OH is 1. The highest BCUT2D eigenvalue weighted by atomic mass is 35.5. The van der Waals surface area contributed by atoms with Crippen LogP contribution >= 0.6 is 11.6 Å². The molecule has 1 saturated heterocycles. The number of carbonyl (C=O) groups is 2. The van der Waals surface area contributed by atoms with Gasteiger partial charge in [-0.3, -0.25) is 14.5 Å². The van der Waals surface area contributed by atoms with Gasteiger partial charge in [0.1, 0.15) is 5.76 Å². The van der Waals surface area contributed by atoms with Gasteiger partial charge in [0.25, 0.3) is 11.7 Å². The number of ketones is 1. The summed E-state index contributed by atoms with van der Waals surface area (Å²) in [6.45, 7) is 1.85. The van der Waals surface area contributed by atoms with Gasteiger partial charge in [0.05, 0.1) is 32.9 Å². The predicted octanol–water partition coefficient (Wildman–Crippen LogP) is 5.30. The van der Waals surface area contributed by atoms with Gasteiger partial charge >= 0.3 is 0 Å². The van der Waals surface area contributed by atoms with Crippen molar-refractivity contribution in [3.63, 3.8) is 0 Å². The highest BCUT2D eigenvalue weighted by Crippen LogP contribution is 2.47. The summed E-state index contributed by atoms with van der Waals surface area (Å²) in [5.74, 6) is -0.854. The molecule has 1 heterocycles. The minimum atomic E-state index is -0.969. The predicted molar refractivity (Wildman–Crippen MR) is 134 cm³/mol. The molecule has 1 amide bonds. The topological polar surface area (TPSA) is 85.3 Å². The summed E-state index contributed by atoms with van der Waals surface area (Å²) in [6, 6.07) is 16.0. The summed E-state index contributed by atoms with van der Waals surface area (Å²) in [6.07, 6.45) is 0. The number of aryl methyl sites for hydroxylation is 1. The van der Waals surface area contributed by atoms with E-state index in [2.05, 4.69) is 0 Å². The third-order valence-electron chi connectivity index (χ3n) is 5.92. The average molecular weight is 494 g/mol. The fourth-order valence-electron chi connectivity index (χ4n) is 4.28. The zero-order valence-corrected chi connectivity index (χ0v) is 20.4. The molecule has 0 aromatic heterocycles. The number of hydrogen-bond acceptors (Lipinski definition) is 6. The quantitative estimate of drug-likeness (QED) is 0.285. The van der Waals surface area contributed by atoms with Crippen LogP contribution in [0.25, 0.3) is 5.76 Å². The molecule has 0 spiro atoms. The van der Waals surface area contributed by atoms with Crippen LogP contribution in [0.5, 0.6) is 17.2 Å². The summed E-state index contributed by atoms with van der Waals surface area (Å²) in [5, 5.41) is 11.7. The number of methoxy groups -OCH3 is 3. The number of rotatable bonds is 6. The number of para-hydroxylation sites is 1. The lowest BCUT2D eigenvalue weighted by atomic mass is 9.94. The van der Waals surface area contributed by atoms with Crippen LogP contribution in [-0.2, 0) is 9.59 Å². The lowest BCUT2D eigenvalue weighted by molar-refractivity contribution is -0.132. The van der Waals surface area contributed by atoms with E-state index in [1.807, 2.05) is 19.1 Å². The smallest absolute Gasteiger partial charge is 0.300 e. The second kappa shape index (κ2) is 9.72. The first kappa shape index (κ1) is 24.2. The first-order valence-electron chi connectivity index (χ1n) is 10.7. The highest BCUT2D eigenvalue weighted by molar-refractivity contribution is 6.51. The van der Waals surface area contributed by atoms with Gasteiger partial charge in [-0.25, -0.2) is 0 Å². The summed E-state index contributed by atoms with van der Waals surface area (Å²) in [5.41, 5.74) is 2.06. The summed E-state index contributed by atoms with van der Waals surface area (Å²) < 4.78 is 16.4. The number of carbonyl (C=O) groups excluding carboxylic acids is 2. The van der Waals surface area contributed by atoms with E-state index in [0.717, 1.165) is 5.56 Å². The Morgan fingerprint density at radius 2 is 1.57 bits per heavy atom. The first-order valence-corrected chi connectivity index (χ1v) is 11.1. The van der Waals surface area contributed by atoms with Crippen LogP contribution in [-0.4, -0.2) is 38.1 Å². The summed E-state index contributed by atoms with van der Waals surface area (Å²) >= 11 is 6.13. The lowest BCUT2D eigenvalue weighted by Crippen LogP contribution is -2.30. The van der Waals surface area contributed by atoms with Crippen molar-refractivity contribution in [2.75, 3.05) is 26.2 Å². The molecule has 0 radical (unpaired) electrons. The maximum absolute atomic E-state index is 13.4. The third-order valence-corrected chi connectivity index (χ3v) is 6.16. The SMILES string of the molecule is COc1cc(C2/C(=C(\O)c3cccc(Cl)c3)C(=O)C(=O)N2c2ccccc2C)cc(OC)c1OC. The van der Waals surface area contributed by atoms with Crippen molar-refractivity contribution in [2.24, 2.45) is 0 Å². The first-order chi connectivity index (χ1) is 16.8. The van der Waals surface area contributed by atoms with E-state index in [0.29, 0.717) is 39.1 Å². The van der Waals surface area contributed by atoms with E-state index < -0.39 is 17.7 Å². The van der Waals surface area contributed by atoms with Crippen LogP contribution in [0.4, 0.5) is 5.69 Å². The molecule has 1 aliphatic rings. The minimum Gasteiger partial charge on any atom is -0.507 e. The van der Waals surface area contributed by atoms with Gasteiger partial charge in [0.15, 0.2) is 11.5 Å². The molecule has 0 saturated carbocycles. The number of nitrogens with zero attached hydrogens (tertiary/aromatic N) is 1. The van der Waals surface area contributed by atoms with Crippen molar-refractivity contribution in [2.45, 2.75) is 13.0 Å². The molecule has 8 heteroatoms. The maximum Gasteiger partial charge on any atom is 0.300 e. The van der Waals surface area contributed by atoms with E-state index in [9.17, 15) is 14.7 Å². The molecule has 1 N–H and O–H groups in total. The Morgan fingerprint density at radius 1 is 0.914 bits per heavy atom. The number of ether oxygens (including phenoxy) is 3. The second-order valence-corrected chi connectivity index (χ2v) is 8.36. The number of halogens is 1. The van der Waals surface area contributed by atoms with Crippen molar-refractivity contribution >= 4 is 34.7 Å². The Bertz CT molecular complexity index is 1320. The molecule has 3 aromatic rings. The molecule has 1 aliphatic heterocycles. The van der Waals surface area contributed by atoms with E-state index in [1.165, 1.54) is 32.3 Å². The Balaban J connectivity index is 2.04. The standard InChI is InChI=1S/C27H24ClNO6/c1-15-8-5-6-11-19(15)29-23(17-13-20(33-2)26(35-4)21(14-17)34-3)22(25(31)27(29)32)24(30)16-9-7-10-18(28)12-16/h5-14,23,30H,1-4H3/b24-22+. The molecule has 1 fully saturated rings. The monoisotopic (exact) mass is 493 g/mol. The zero-order chi connectivity index (χ0) is 25.3. The maximum atomic E-state index is 13.4. The molecular formula is C27H24ClNO6. The molecule has 180 valence electrons. The number of anilines is 1. The summed E-state index contributed by atoms with van der Waals surface area (Å²) in [7, 11) is 4.44. The Morgan fingerprint density at radius 3 is 2.14 bits per heavy atom. The van der Waals surface area contributed by atoms with Gasteiger partial charge in [-0.15, -0.1) is 0 Å². The largest absolute Gasteiger partial charge is 0.507 e. The van der Waals surface area contributed by atoms with Crippen molar-refractivity contribution in [3.8, 4) is 17.2 Å². The fourth-order valence-corrected chi connectivity index (χ4v) is 4.47. The Hall–Kier alpha value is -3.97. The number of hydrogen-bond donors (Lipinski definition) is 1. The van der Waals surface area contributed by atoms with Crippen LogP contribution in [0.2, 0.25) is 5.02 Å². The molecule has 35 heavy (non-hydrogen) atoms. The molecular weight excluding hydrogens is 470 g/mol. The molecule has 1 unspecified atom stereocenters. The number of Topliss-reactive ketones (excluding diaryl/α,β-unsaturated/α-hetero) is 1. The normalized spacial score (nSPS) is 16.9. The molecule has 0 aliphatic carbocycles. The van der Waals surface area contributed by atoms with Crippen LogP contribution in [0.15, 0.2) is 66.2 Å². The molecule has 4 rings (SSSR count). The molecule has 0 bridgehead atoms. The highest BCUT2D eigenvalue weighted by Gasteiger charge is 2.47. The van der Waals surface area contributed by atoms with E-state index in [1.54, 1.807) is 42.5 Å². The van der Waals surface area contributed by atoms with Crippen molar-refractivity contribution in [3.05, 3.63) is 87.9 Å². The number of aliphatic hydroxyl groups is 1. The van der Waals surface area contributed by atoms with Crippen molar-refractivity contribution < 1.29 is 28.9 Å². The summed E-state index contributed by atoms with van der Waals surface area (Å²) in [4.78, 5) is 28.2. The Labute approximate surface area is 208 Å². The second-order valence-electron chi connectivity index (χ2n) is 7.92. The number of benzene rings is 3. The average Bonchev–Trinajstić information content (AvgIpc) is 3.13. The van der Waals surface area contributed by atoms with Crippen LogP contribution in [0, 0.1) is 6.92 Å². The van der Waals surface area contributed by atoms with Gasteiger partial charge in [-0.05, 0) is 48.4 Å². The zero-order valence-electron chi connectivity index (χ0n) is 19.7. The van der Waals surface area contributed by atoms with E-state index >= 15 is 0 Å². The molecule has 3 aromatic carbocycles. The van der Waals surface area contributed by atoms with Gasteiger partial charge in [0.2, 0.25) is 5.75 Å². The third kappa shape index (κ3) is 4.19. The van der Waals surface area contributed by atoms with Gasteiger partial charge < -0.3 is 19.3 Å². The lowest BCUT2D eigenvalue weighted by Gasteiger charge is -2.27.